The third kappa shape index (κ3) is 8.41. The molecule has 3 rings (SSSR count). The minimum Gasteiger partial charge on any atom is -0.369 e. The molecular weight excluding hydrogens is 344 g/mol. The van der Waals surface area contributed by atoms with Crippen LogP contribution in [0.2, 0.25) is 0 Å². The number of hydrogen-bond acceptors (Lipinski definition) is 2. The van der Waals surface area contributed by atoms with E-state index in [9.17, 15) is 0 Å². The van der Waals surface area contributed by atoms with Gasteiger partial charge in [0.25, 0.3) is 0 Å². The van der Waals surface area contributed by atoms with E-state index in [0.29, 0.717) is 12.0 Å². The average molecular weight is 395 g/mol. The highest BCUT2D eigenvalue weighted by Crippen LogP contribution is 2.59. The van der Waals surface area contributed by atoms with Gasteiger partial charge < -0.3 is 9.47 Å². The minimum atomic E-state index is 0.0388. The predicted molar refractivity (Wildman–Crippen MR) is 125 cm³/mol. The molecule has 0 amide bonds. The lowest BCUT2D eigenvalue weighted by atomic mass is 9.69. The van der Waals surface area contributed by atoms with Crippen molar-refractivity contribution in [2.75, 3.05) is 6.61 Å². The molecule has 3 fully saturated rings. The Labute approximate surface area is 177 Å². The highest BCUT2D eigenvalue weighted by Gasteiger charge is 2.67. The fraction of sp³-hybridized carbons (Fsp3) is 0.846. The molecule has 0 aromatic carbocycles. The van der Waals surface area contributed by atoms with Gasteiger partial charge >= 0.3 is 0 Å². The molecule has 2 heteroatoms. The van der Waals surface area contributed by atoms with E-state index in [-0.39, 0.29) is 11.2 Å². The van der Waals surface area contributed by atoms with Crippen molar-refractivity contribution in [2.24, 2.45) is 5.92 Å². The van der Waals surface area contributed by atoms with E-state index in [0.717, 1.165) is 13.0 Å². The first-order valence-electron chi connectivity index (χ1n) is 11.8. The molecular formula is C26H50O2. The van der Waals surface area contributed by atoms with Crippen molar-refractivity contribution in [1.29, 1.82) is 0 Å². The van der Waals surface area contributed by atoms with Crippen molar-refractivity contribution in [3.63, 3.8) is 0 Å². The van der Waals surface area contributed by atoms with E-state index in [4.69, 9.17) is 9.47 Å². The highest BCUT2D eigenvalue weighted by atomic mass is 16.6. The lowest BCUT2D eigenvalue weighted by Gasteiger charge is -2.34. The predicted octanol–water partition coefficient (Wildman–Crippen LogP) is 8.26. The van der Waals surface area contributed by atoms with Gasteiger partial charge in [0.05, 0.1) is 23.9 Å². The molecule has 0 aromatic heterocycles. The zero-order chi connectivity index (χ0) is 21.8. The van der Waals surface area contributed by atoms with Gasteiger partial charge in [0.2, 0.25) is 0 Å². The van der Waals surface area contributed by atoms with Gasteiger partial charge in [-0.25, -0.2) is 0 Å². The second kappa shape index (κ2) is 13.6. The Morgan fingerprint density at radius 3 is 1.93 bits per heavy atom. The maximum Gasteiger partial charge on any atom is 0.0983 e. The monoisotopic (exact) mass is 394 g/mol. The van der Waals surface area contributed by atoms with Crippen LogP contribution in [0.1, 0.15) is 114 Å². The van der Waals surface area contributed by atoms with Gasteiger partial charge in [-0.05, 0) is 53.4 Å². The number of ether oxygens (including phenoxy) is 2. The molecule has 2 heterocycles. The summed E-state index contributed by atoms with van der Waals surface area (Å²) in [6.45, 7) is 22.5. The van der Waals surface area contributed by atoms with Crippen LogP contribution in [0.3, 0.4) is 0 Å². The van der Waals surface area contributed by atoms with Crippen LogP contribution in [0.25, 0.3) is 0 Å². The van der Waals surface area contributed by atoms with Crippen molar-refractivity contribution in [3.05, 3.63) is 23.3 Å². The van der Waals surface area contributed by atoms with Gasteiger partial charge in [-0.2, -0.15) is 0 Å². The summed E-state index contributed by atoms with van der Waals surface area (Å²) in [4.78, 5) is 0. The molecule has 1 spiro atoms. The molecule has 2 nitrogen and oxygen atoms in total. The van der Waals surface area contributed by atoms with Crippen LogP contribution in [0, 0.1) is 5.92 Å². The lowest BCUT2D eigenvalue weighted by Crippen LogP contribution is -2.40. The minimum absolute atomic E-state index is 0.0388. The summed E-state index contributed by atoms with van der Waals surface area (Å²) in [7, 11) is 0. The first kappa shape index (κ1) is 27.4. The maximum atomic E-state index is 6.11. The van der Waals surface area contributed by atoms with Crippen LogP contribution >= 0.6 is 0 Å². The SMILES string of the molecule is C/C=C1/CCC2(CO2)C(C2(C)OC2CC=C(C)C)C1.CCC.CCC.CCC. The molecule has 2 saturated heterocycles. The second-order valence-electron chi connectivity index (χ2n) is 8.99. The van der Waals surface area contributed by atoms with Crippen molar-refractivity contribution >= 4 is 0 Å². The van der Waals surface area contributed by atoms with Crippen molar-refractivity contribution in [3.8, 4) is 0 Å². The van der Waals surface area contributed by atoms with E-state index < -0.39 is 0 Å². The van der Waals surface area contributed by atoms with Crippen LogP contribution in [0.15, 0.2) is 23.3 Å². The average Bonchev–Trinajstić information content (AvgIpc) is 3.54. The third-order valence-electron chi connectivity index (χ3n) is 5.30. The van der Waals surface area contributed by atoms with Crippen LogP contribution in [0.5, 0.6) is 0 Å². The van der Waals surface area contributed by atoms with E-state index in [2.05, 4.69) is 81.4 Å². The number of epoxide rings is 2. The van der Waals surface area contributed by atoms with Gasteiger partial charge in [0.15, 0.2) is 0 Å². The normalized spacial score (nSPS) is 33.4. The molecule has 4 unspecified atom stereocenters. The van der Waals surface area contributed by atoms with Crippen LogP contribution in [-0.2, 0) is 9.47 Å². The van der Waals surface area contributed by atoms with Gasteiger partial charge in [0.1, 0.15) is 0 Å². The topological polar surface area (TPSA) is 25.1 Å². The largest absolute Gasteiger partial charge is 0.369 e. The Hall–Kier alpha value is -0.600. The number of hydrogen-bond donors (Lipinski definition) is 0. The molecule has 1 saturated carbocycles. The summed E-state index contributed by atoms with van der Waals surface area (Å²) < 4.78 is 12.0. The zero-order valence-corrected chi connectivity index (χ0v) is 20.8. The number of rotatable bonds is 3. The Balaban J connectivity index is 0.000000695. The molecule has 1 aliphatic carbocycles. The molecule has 0 N–H and O–H groups in total. The van der Waals surface area contributed by atoms with E-state index in [1.54, 1.807) is 5.57 Å². The van der Waals surface area contributed by atoms with Gasteiger partial charge in [-0.15, -0.1) is 0 Å². The van der Waals surface area contributed by atoms with E-state index >= 15 is 0 Å². The summed E-state index contributed by atoms with van der Waals surface area (Å²) >= 11 is 0. The van der Waals surface area contributed by atoms with Crippen LogP contribution < -0.4 is 0 Å². The molecule has 0 radical (unpaired) electrons. The quantitative estimate of drug-likeness (QED) is 0.355. The Bertz CT molecular complexity index is 464. The van der Waals surface area contributed by atoms with E-state index in [1.807, 2.05) is 0 Å². The summed E-state index contributed by atoms with van der Waals surface area (Å²) in [6, 6.07) is 0. The number of allylic oxidation sites excluding steroid dienone is 3. The molecule has 28 heavy (non-hydrogen) atoms. The maximum absolute atomic E-state index is 6.11. The lowest BCUT2D eigenvalue weighted by molar-refractivity contribution is 0.106. The molecule has 4 atom stereocenters. The summed E-state index contributed by atoms with van der Waals surface area (Å²) in [6.07, 6.45) is 13.3. The van der Waals surface area contributed by atoms with Crippen LogP contribution in [0.4, 0.5) is 0 Å². The van der Waals surface area contributed by atoms with Crippen molar-refractivity contribution < 1.29 is 9.47 Å². The van der Waals surface area contributed by atoms with E-state index in [1.165, 1.54) is 44.1 Å². The second-order valence-corrected chi connectivity index (χ2v) is 8.99. The van der Waals surface area contributed by atoms with Crippen molar-refractivity contribution in [1.82, 2.24) is 0 Å². The van der Waals surface area contributed by atoms with Crippen molar-refractivity contribution in [2.45, 2.75) is 131 Å². The van der Waals surface area contributed by atoms with Gasteiger partial charge in [-0.3, -0.25) is 0 Å². The van der Waals surface area contributed by atoms with Gasteiger partial charge in [-0.1, -0.05) is 84.1 Å². The molecule has 3 aliphatic rings. The first-order chi connectivity index (χ1) is 13.2. The highest BCUT2D eigenvalue weighted by molar-refractivity contribution is 5.23. The Morgan fingerprint density at radius 1 is 1.04 bits per heavy atom. The van der Waals surface area contributed by atoms with Gasteiger partial charge in [0, 0.05) is 5.92 Å². The third-order valence-corrected chi connectivity index (χ3v) is 5.30. The Morgan fingerprint density at radius 2 is 1.54 bits per heavy atom. The summed E-state index contributed by atoms with van der Waals surface area (Å²) in [5.74, 6) is 0.551. The summed E-state index contributed by atoms with van der Waals surface area (Å²) in [5.41, 5.74) is 3.16. The Kier molecular flexibility index (Phi) is 13.3. The molecule has 0 bridgehead atoms. The van der Waals surface area contributed by atoms with Crippen LogP contribution in [-0.4, -0.2) is 23.9 Å². The fourth-order valence-corrected chi connectivity index (χ4v) is 3.73. The zero-order valence-electron chi connectivity index (χ0n) is 20.8. The molecule has 2 aliphatic heterocycles. The first-order valence-corrected chi connectivity index (χ1v) is 11.8. The fourth-order valence-electron chi connectivity index (χ4n) is 3.73. The summed E-state index contributed by atoms with van der Waals surface area (Å²) in [5, 5.41) is 0. The molecule has 0 aromatic rings. The molecule has 166 valence electrons. The smallest absolute Gasteiger partial charge is 0.0983 e. The standard InChI is InChI=1S/C17H26O2.3C3H8/c1-5-13-8-9-17(11-18-17)14(10-13)16(4)15(19-16)7-6-12(2)3;3*1-3-2/h5-6,14-15H,7-11H2,1-4H3;3*3H2,1-2H3/b13-5-;;;.